The first-order chi connectivity index (χ1) is 5.24. The molecule has 0 atom stereocenters. The smallest absolute Gasteiger partial charge is 0.123 e. The largest absolute Gasteiger partial charge is 0.494 e. The van der Waals surface area contributed by atoms with Gasteiger partial charge in [0.2, 0.25) is 0 Å². The number of hydrogen-bond acceptors (Lipinski definition) is 1. The van der Waals surface area contributed by atoms with Gasteiger partial charge >= 0.3 is 0 Å². The van der Waals surface area contributed by atoms with Crippen molar-refractivity contribution in [1.82, 2.24) is 0 Å². The maximum Gasteiger partial charge on any atom is 0.123 e. The summed E-state index contributed by atoms with van der Waals surface area (Å²) >= 11 is 2.28. The minimum atomic E-state index is 0.737. The van der Waals surface area contributed by atoms with Gasteiger partial charge in [-0.1, -0.05) is 6.07 Å². The van der Waals surface area contributed by atoms with Crippen LogP contribution in [0.4, 0.5) is 0 Å². The van der Waals surface area contributed by atoms with E-state index >= 15 is 0 Å². The third-order valence-electron chi connectivity index (χ3n) is 1.45. The summed E-state index contributed by atoms with van der Waals surface area (Å²) in [4.78, 5) is 0. The normalized spacial score (nSPS) is 9.73. The summed E-state index contributed by atoms with van der Waals surface area (Å²) < 4.78 is 6.63. The average Bonchev–Trinajstić information content (AvgIpc) is 1.98. The molecular weight excluding hydrogens is 251 g/mol. The molecule has 2 heteroatoms. The van der Waals surface area contributed by atoms with E-state index in [1.54, 1.807) is 0 Å². The van der Waals surface area contributed by atoms with E-state index < -0.39 is 0 Å². The molecule has 0 heterocycles. The zero-order valence-corrected chi connectivity index (χ0v) is 8.88. The van der Waals surface area contributed by atoms with Crippen molar-refractivity contribution in [2.24, 2.45) is 0 Å². The lowest BCUT2D eigenvalue weighted by atomic mass is 10.2. The summed E-state index contributed by atoms with van der Waals surface area (Å²) in [5.74, 6) is 0.999. The monoisotopic (exact) mass is 262 g/mol. The molecule has 0 spiro atoms. The first-order valence-corrected chi connectivity index (χ1v) is 4.71. The van der Waals surface area contributed by atoms with Crippen LogP contribution in [0, 0.1) is 10.5 Å². The lowest BCUT2D eigenvalue weighted by Crippen LogP contribution is -1.93. The number of ether oxygens (including phenoxy) is 1. The van der Waals surface area contributed by atoms with Crippen molar-refractivity contribution < 1.29 is 4.74 Å². The van der Waals surface area contributed by atoms with Gasteiger partial charge in [-0.3, -0.25) is 0 Å². The minimum absolute atomic E-state index is 0.737. The molecule has 0 unspecified atom stereocenters. The minimum Gasteiger partial charge on any atom is -0.494 e. The van der Waals surface area contributed by atoms with Gasteiger partial charge in [-0.25, -0.2) is 0 Å². The molecule has 0 N–H and O–H groups in total. The Kier molecular flexibility index (Phi) is 3.17. The van der Waals surface area contributed by atoms with Crippen LogP contribution in [0.5, 0.6) is 5.75 Å². The third kappa shape index (κ3) is 2.36. The molecule has 0 aliphatic heterocycles. The van der Waals surface area contributed by atoms with Gasteiger partial charge in [-0.05, 0) is 54.1 Å². The first kappa shape index (κ1) is 8.84. The second-order valence-electron chi connectivity index (χ2n) is 2.34. The number of hydrogen-bond donors (Lipinski definition) is 0. The summed E-state index contributed by atoms with van der Waals surface area (Å²) in [7, 11) is 0. The van der Waals surface area contributed by atoms with Gasteiger partial charge in [-0.2, -0.15) is 0 Å². The van der Waals surface area contributed by atoms with Crippen LogP contribution in [0.2, 0.25) is 0 Å². The number of halogens is 1. The predicted octanol–water partition coefficient (Wildman–Crippen LogP) is 3.00. The van der Waals surface area contributed by atoms with Crippen LogP contribution < -0.4 is 4.74 Å². The van der Waals surface area contributed by atoms with Crippen LogP contribution in [0.3, 0.4) is 0 Å². The zero-order chi connectivity index (χ0) is 8.27. The van der Waals surface area contributed by atoms with E-state index in [0.717, 1.165) is 12.4 Å². The fourth-order valence-corrected chi connectivity index (χ4v) is 1.35. The van der Waals surface area contributed by atoms with Crippen LogP contribution in [0.25, 0.3) is 0 Å². The topological polar surface area (TPSA) is 9.23 Å². The first-order valence-electron chi connectivity index (χ1n) is 3.63. The molecule has 1 rings (SSSR count). The molecule has 0 bridgehead atoms. The highest BCUT2D eigenvalue weighted by atomic mass is 127. The summed E-state index contributed by atoms with van der Waals surface area (Å²) in [6.07, 6.45) is 0. The van der Waals surface area contributed by atoms with E-state index in [-0.39, 0.29) is 0 Å². The zero-order valence-electron chi connectivity index (χ0n) is 6.73. The maximum atomic E-state index is 5.41. The molecule has 0 aliphatic carbocycles. The second-order valence-corrected chi connectivity index (χ2v) is 3.59. The second kappa shape index (κ2) is 3.95. The van der Waals surface area contributed by atoms with E-state index in [1.807, 2.05) is 6.92 Å². The Morgan fingerprint density at radius 3 is 2.82 bits per heavy atom. The summed E-state index contributed by atoms with van der Waals surface area (Å²) in [5.41, 5.74) is 1.20. The molecule has 0 saturated carbocycles. The Balaban J connectivity index is 2.93. The van der Waals surface area contributed by atoms with Crippen LogP contribution in [0.15, 0.2) is 18.2 Å². The van der Waals surface area contributed by atoms with Crippen molar-refractivity contribution in [1.29, 1.82) is 0 Å². The van der Waals surface area contributed by atoms with Gasteiger partial charge in [0, 0.05) is 3.57 Å². The molecule has 0 saturated heterocycles. The van der Waals surface area contributed by atoms with Crippen LogP contribution in [-0.4, -0.2) is 6.61 Å². The fourth-order valence-electron chi connectivity index (χ4n) is 0.885. The van der Waals surface area contributed by atoms with Crippen LogP contribution in [-0.2, 0) is 0 Å². The van der Waals surface area contributed by atoms with Gasteiger partial charge in [0.15, 0.2) is 0 Å². The Hall–Kier alpha value is -0.250. The van der Waals surface area contributed by atoms with E-state index in [2.05, 4.69) is 47.7 Å². The molecule has 1 nitrogen and oxygen atoms in total. The highest BCUT2D eigenvalue weighted by Crippen LogP contribution is 2.20. The average molecular weight is 262 g/mol. The molecule has 60 valence electrons. The number of benzene rings is 1. The molecule has 0 fully saturated rings. The number of aryl methyl sites for hydroxylation is 1. The summed E-state index contributed by atoms with van der Waals surface area (Å²) in [6.45, 7) is 4.79. The van der Waals surface area contributed by atoms with E-state index in [9.17, 15) is 0 Å². The quantitative estimate of drug-likeness (QED) is 0.744. The lowest BCUT2D eigenvalue weighted by molar-refractivity contribution is 0.337. The Bertz CT molecular complexity index is 245. The highest BCUT2D eigenvalue weighted by molar-refractivity contribution is 14.1. The van der Waals surface area contributed by atoms with E-state index in [1.165, 1.54) is 9.13 Å². The molecule has 1 aromatic rings. The van der Waals surface area contributed by atoms with Crippen molar-refractivity contribution >= 4 is 22.6 Å². The van der Waals surface area contributed by atoms with Crippen molar-refractivity contribution in [2.75, 3.05) is 6.61 Å². The highest BCUT2D eigenvalue weighted by Gasteiger charge is 1.97. The Labute approximate surface area is 80.9 Å². The Morgan fingerprint density at radius 1 is 1.45 bits per heavy atom. The molecule has 0 amide bonds. The standard InChI is InChI=1S/C9H11IO/c1-3-11-9-6-8(10)5-4-7(9)2/h4-6H,3H2,1-2H3. The molecule has 0 aliphatic rings. The van der Waals surface area contributed by atoms with Crippen LogP contribution in [0.1, 0.15) is 12.5 Å². The van der Waals surface area contributed by atoms with Gasteiger partial charge in [0.25, 0.3) is 0 Å². The van der Waals surface area contributed by atoms with Gasteiger partial charge in [0.1, 0.15) is 5.75 Å². The van der Waals surface area contributed by atoms with Crippen molar-refractivity contribution in [3.05, 3.63) is 27.3 Å². The van der Waals surface area contributed by atoms with Gasteiger partial charge < -0.3 is 4.74 Å². The van der Waals surface area contributed by atoms with Crippen molar-refractivity contribution in [3.8, 4) is 5.75 Å². The summed E-state index contributed by atoms with van der Waals surface area (Å²) in [5, 5.41) is 0. The number of rotatable bonds is 2. The van der Waals surface area contributed by atoms with E-state index in [4.69, 9.17) is 4.74 Å². The van der Waals surface area contributed by atoms with Crippen LogP contribution >= 0.6 is 22.6 Å². The molecule has 0 radical (unpaired) electrons. The van der Waals surface area contributed by atoms with E-state index in [0.29, 0.717) is 0 Å². The molecule has 1 aromatic carbocycles. The third-order valence-corrected chi connectivity index (χ3v) is 2.12. The van der Waals surface area contributed by atoms with Crippen molar-refractivity contribution in [2.45, 2.75) is 13.8 Å². The van der Waals surface area contributed by atoms with Gasteiger partial charge in [0.05, 0.1) is 6.61 Å². The summed E-state index contributed by atoms with van der Waals surface area (Å²) in [6, 6.07) is 6.21. The molecule has 11 heavy (non-hydrogen) atoms. The Morgan fingerprint density at radius 2 is 2.18 bits per heavy atom. The van der Waals surface area contributed by atoms with Crippen molar-refractivity contribution in [3.63, 3.8) is 0 Å². The predicted molar refractivity (Wildman–Crippen MR) is 55.1 cm³/mol. The molecular formula is C9H11IO. The fraction of sp³-hybridized carbons (Fsp3) is 0.333. The SMILES string of the molecule is CCOc1cc(I)ccc1C. The maximum absolute atomic E-state index is 5.41. The van der Waals surface area contributed by atoms with Gasteiger partial charge in [-0.15, -0.1) is 0 Å². The lowest BCUT2D eigenvalue weighted by Gasteiger charge is -2.06. The molecule has 0 aromatic heterocycles.